The molecule has 0 fully saturated rings. The number of hydrogen-bond donors (Lipinski definition) is 1. The summed E-state index contributed by atoms with van der Waals surface area (Å²) in [6.07, 6.45) is 3.22. The average Bonchev–Trinajstić information content (AvgIpc) is 2.03. The Hall–Kier alpha value is -0.890. The lowest BCUT2D eigenvalue weighted by Gasteiger charge is -2.05. The van der Waals surface area contributed by atoms with Crippen molar-refractivity contribution in [2.75, 3.05) is 0 Å². The Bertz CT molecular complexity index is 245. The van der Waals surface area contributed by atoms with Crippen molar-refractivity contribution in [2.45, 2.75) is 32.8 Å². The minimum Gasteiger partial charge on any atom is -0.393 e. The van der Waals surface area contributed by atoms with Gasteiger partial charge in [0.1, 0.15) is 0 Å². The highest BCUT2D eigenvalue weighted by Gasteiger charge is 2.00. The summed E-state index contributed by atoms with van der Waals surface area (Å²) in [6, 6.07) is 3.98. The van der Waals surface area contributed by atoms with Gasteiger partial charge in [-0.25, -0.2) is 0 Å². The molecule has 2 nitrogen and oxygen atoms in total. The predicted octanol–water partition coefficient (Wildman–Crippen LogP) is 1.70. The maximum Gasteiger partial charge on any atom is 0.0515 e. The topological polar surface area (TPSA) is 33.1 Å². The van der Waals surface area contributed by atoms with Gasteiger partial charge in [-0.15, -0.1) is 0 Å². The largest absolute Gasteiger partial charge is 0.393 e. The van der Waals surface area contributed by atoms with Crippen LogP contribution in [0, 0.1) is 6.92 Å². The van der Waals surface area contributed by atoms with Crippen molar-refractivity contribution in [3.05, 3.63) is 29.6 Å². The lowest BCUT2D eigenvalue weighted by atomic mass is 10.1. The Morgan fingerprint density at radius 1 is 1.58 bits per heavy atom. The Morgan fingerprint density at radius 2 is 2.33 bits per heavy atom. The smallest absolute Gasteiger partial charge is 0.0515 e. The van der Waals surface area contributed by atoms with Gasteiger partial charge in [-0.3, -0.25) is 4.98 Å². The molecular formula is C10H15NO. The number of aliphatic hydroxyl groups is 1. The first kappa shape index (κ1) is 9.20. The molecule has 1 atom stereocenters. The minimum absolute atomic E-state index is 0.230. The summed E-state index contributed by atoms with van der Waals surface area (Å²) in [4.78, 5) is 4.24. The van der Waals surface area contributed by atoms with Crippen molar-refractivity contribution in [2.24, 2.45) is 0 Å². The monoisotopic (exact) mass is 165 g/mol. The molecular weight excluding hydrogens is 150 g/mol. The van der Waals surface area contributed by atoms with Crippen LogP contribution >= 0.6 is 0 Å². The first-order valence-corrected chi connectivity index (χ1v) is 4.28. The molecule has 1 aromatic rings. The summed E-state index contributed by atoms with van der Waals surface area (Å²) in [5.74, 6) is 0. The first-order chi connectivity index (χ1) is 5.70. The van der Waals surface area contributed by atoms with Crippen LogP contribution in [0.25, 0.3) is 0 Å². The van der Waals surface area contributed by atoms with E-state index in [9.17, 15) is 0 Å². The Labute approximate surface area is 73.3 Å². The fourth-order valence-corrected chi connectivity index (χ4v) is 1.13. The van der Waals surface area contributed by atoms with Gasteiger partial charge in [-0.1, -0.05) is 6.07 Å². The van der Waals surface area contributed by atoms with E-state index >= 15 is 0 Å². The van der Waals surface area contributed by atoms with E-state index in [-0.39, 0.29) is 6.10 Å². The van der Waals surface area contributed by atoms with Crippen LogP contribution in [0.15, 0.2) is 18.3 Å². The molecule has 0 radical (unpaired) electrons. The van der Waals surface area contributed by atoms with Gasteiger partial charge >= 0.3 is 0 Å². The first-order valence-electron chi connectivity index (χ1n) is 4.28. The molecule has 1 rings (SSSR count). The highest BCUT2D eigenvalue weighted by Crippen LogP contribution is 2.07. The SMILES string of the molecule is Cc1cccnc1CCC(C)O. The van der Waals surface area contributed by atoms with Gasteiger partial charge in [0.05, 0.1) is 6.10 Å². The van der Waals surface area contributed by atoms with E-state index in [1.54, 1.807) is 13.1 Å². The van der Waals surface area contributed by atoms with Gasteiger partial charge in [0.15, 0.2) is 0 Å². The van der Waals surface area contributed by atoms with Crippen molar-refractivity contribution in [1.82, 2.24) is 4.98 Å². The second-order valence-corrected chi connectivity index (χ2v) is 3.15. The van der Waals surface area contributed by atoms with Crippen LogP contribution in [0.1, 0.15) is 24.6 Å². The molecule has 0 aliphatic rings. The van der Waals surface area contributed by atoms with E-state index in [1.807, 2.05) is 19.1 Å². The average molecular weight is 165 g/mol. The van der Waals surface area contributed by atoms with Crippen molar-refractivity contribution in [1.29, 1.82) is 0 Å². The molecule has 1 unspecified atom stereocenters. The third-order valence-corrected chi connectivity index (χ3v) is 1.92. The van der Waals surface area contributed by atoms with Crippen molar-refractivity contribution >= 4 is 0 Å². The predicted molar refractivity (Wildman–Crippen MR) is 49.0 cm³/mol. The summed E-state index contributed by atoms with van der Waals surface area (Å²) in [6.45, 7) is 3.85. The van der Waals surface area contributed by atoms with E-state index in [0.29, 0.717) is 0 Å². The number of aryl methyl sites for hydroxylation is 2. The van der Waals surface area contributed by atoms with Crippen LogP contribution in [0.4, 0.5) is 0 Å². The second-order valence-electron chi connectivity index (χ2n) is 3.15. The standard InChI is InChI=1S/C10H15NO/c1-8-4-3-7-11-10(8)6-5-9(2)12/h3-4,7,9,12H,5-6H2,1-2H3. The Balaban J connectivity index is 2.57. The minimum atomic E-state index is -0.230. The zero-order valence-corrected chi connectivity index (χ0v) is 7.62. The molecule has 1 heterocycles. The quantitative estimate of drug-likeness (QED) is 0.739. The molecule has 12 heavy (non-hydrogen) atoms. The van der Waals surface area contributed by atoms with Crippen LogP contribution < -0.4 is 0 Å². The summed E-state index contributed by atoms with van der Waals surface area (Å²) >= 11 is 0. The van der Waals surface area contributed by atoms with E-state index in [4.69, 9.17) is 5.11 Å². The van der Waals surface area contributed by atoms with Gasteiger partial charge < -0.3 is 5.11 Å². The van der Waals surface area contributed by atoms with Crippen LogP contribution in [-0.4, -0.2) is 16.2 Å². The zero-order valence-electron chi connectivity index (χ0n) is 7.62. The van der Waals surface area contributed by atoms with Crippen LogP contribution in [-0.2, 0) is 6.42 Å². The molecule has 66 valence electrons. The summed E-state index contributed by atoms with van der Waals surface area (Å²) in [5.41, 5.74) is 2.30. The van der Waals surface area contributed by atoms with E-state index < -0.39 is 0 Å². The van der Waals surface area contributed by atoms with E-state index in [2.05, 4.69) is 4.98 Å². The molecule has 0 saturated carbocycles. The zero-order chi connectivity index (χ0) is 8.97. The molecule has 0 aliphatic heterocycles. The van der Waals surface area contributed by atoms with Gasteiger partial charge in [0.2, 0.25) is 0 Å². The maximum absolute atomic E-state index is 9.08. The summed E-state index contributed by atoms with van der Waals surface area (Å²) in [7, 11) is 0. The second kappa shape index (κ2) is 4.21. The molecule has 0 spiro atoms. The number of hydrogen-bond acceptors (Lipinski definition) is 2. The summed E-state index contributed by atoms with van der Waals surface area (Å²) in [5, 5.41) is 9.08. The van der Waals surface area contributed by atoms with Crippen molar-refractivity contribution < 1.29 is 5.11 Å². The molecule has 1 aromatic heterocycles. The van der Waals surface area contributed by atoms with Crippen molar-refractivity contribution in [3.63, 3.8) is 0 Å². The number of aromatic nitrogens is 1. The van der Waals surface area contributed by atoms with Gasteiger partial charge in [0, 0.05) is 11.9 Å². The highest BCUT2D eigenvalue weighted by molar-refractivity contribution is 5.17. The fourth-order valence-electron chi connectivity index (χ4n) is 1.13. The molecule has 0 aliphatic carbocycles. The molecule has 1 N–H and O–H groups in total. The van der Waals surface area contributed by atoms with Gasteiger partial charge in [-0.05, 0) is 38.3 Å². The molecule has 0 aromatic carbocycles. The van der Waals surface area contributed by atoms with Crippen LogP contribution in [0.5, 0.6) is 0 Å². The lowest BCUT2D eigenvalue weighted by molar-refractivity contribution is 0.184. The van der Waals surface area contributed by atoms with Crippen LogP contribution in [0.2, 0.25) is 0 Å². The number of rotatable bonds is 3. The number of aliphatic hydroxyl groups excluding tert-OH is 1. The molecule has 0 bridgehead atoms. The molecule has 2 heteroatoms. The lowest BCUT2D eigenvalue weighted by Crippen LogP contribution is -2.03. The number of nitrogens with zero attached hydrogens (tertiary/aromatic N) is 1. The summed E-state index contributed by atoms with van der Waals surface area (Å²) < 4.78 is 0. The maximum atomic E-state index is 9.08. The van der Waals surface area contributed by atoms with E-state index in [1.165, 1.54) is 5.56 Å². The third kappa shape index (κ3) is 2.62. The molecule has 0 amide bonds. The molecule has 0 saturated heterocycles. The third-order valence-electron chi connectivity index (χ3n) is 1.92. The van der Waals surface area contributed by atoms with Gasteiger partial charge in [0.25, 0.3) is 0 Å². The highest BCUT2D eigenvalue weighted by atomic mass is 16.3. The van der Waals surface area contributed by atoms with Crippen molar-refractivity contribution in [3.8, 4) is 0 Å². The van der Waals surface area contributed by atoms with Crippen LogP contribution in [0.3, 0.4) is 0 Å². The Kier molecular flexibility index (Phi) is 3.23. The van der Waals surface area contributed by atoms with Gasteiger partial charge in [-0.2, -0.15) is 0 Å². The number of pyridine rings is 1. The fraction of sp³-hybridized carbons (Fsp3) is 0.500. The van der Waals surface area contributed by atoms with E-state index in [0.717, 1.165) is 18.5 Å². The normalized spacial score (nSPS) is 12.9. The Morgan fingerprint density at radius 3 is 2.92 bits per heavy atom.